The van der Waals surface area contributed by atoms with Gasteiger partial charge in [-0.2, -0.15) is 0 Å². The second kappa shape index (κ2) is 4.82. The zero-order chi connectivity index (χ0) is 13.4. The van der Waals surface area contributed by atoms with Crippen LogP contribution in [0.5, 0.6) is 5.75 Å². The Labute approximate surface area is 120 Å². The molecule has 2 aromatic carbocycles. The Kier molecular flexibility index (Phi) is 3.15. The third-order valence-electron chi connectivity index (χ3n) is 3.30. The summed E-state index contributed by atoms with van der Waals surface area (Å²) in [7, 11) is 0. The van der Waals surface area contributed by atoms with E-state index in [1.54, 1.807) is 0 Å². The second-order valence-corrected chi connectivity index (χ2v) is 5.70. The molecular formula is C16H13BrO2. The van der Waals surface area contributed by atoms with Crippen molar-refractivity contribution in [2.45, 2.75) is 19.4 Å². The molecule has 2 nitrogen and oxygen atoms in total. The molecule has 3 heteroatoms. The first-order chi connectivity index (χ1) is 9.13. The highest BCUT2D eigenvalue weighted by Crippen LogP contribution is 2.35. The smallest absolute Gasteiger partial charge is 0.170 e. The molecule has 1 heterocycles. The van der Waals surface area contributed by atoms with Crippen LogP contribution in [0.1, 0.15) is 34.0 Å². The SMILES string of the molecule is Cc1ccc2c(c1)C(=O)CC(c1cccc(Br)c1)O2. The highest BCUT2D eigenvalue weighted by Gasteiger charge is 2.27. The Hall–Kier alpha value is -1.61. The first-order valence-electron chi connectivity index (χ1n) is 6.19. The zero-order valence-corrected chi connectivity index (χ0v) is 12.1. The van der Waals surface area contributed by atoms with Crippen LogP contribution in [0.4, 0.5) is 0 Å². The van der Waals surface area contributed by atoms with Gasteiger partial charge in [0.05, 0.1) is 12.0 Å². The lowest BCUT2D eigenvalue weighted by Crippen LogP contribution is -2.20. The summed E-state index contributed by atoms with van der Waals surface area (Å²) < 4.78 is 6.95. The molecule has 0 radical (unpaired) electrons. The molecule has 0 aliphatic carbocycles. The summed E-state index contributed by atoms with van der Waals surface area (Å²) in [5.74, 6) is 0.835. The average Bonchev–Trinajstić information content (AvgIpc) is 2.39. The quantitative estimate of drug-likeness (QED) is 0.776. The van der Waals surface area contributed by atoms with Crippen LogP contribution in [0.15, 0.2) is 46.9 Å². The maximum absolute atomic E-state index is 12.2. The minimum absolute atomic E-state index is 0.148. The minimum atomic E-state index is -0.194. The molecule has 0 saturated carbocycles. The number of hydrogen-bond acceptors (Lipinski definition) is 2. The van der Waals surface area contributed by atoms with E-state index in [1.807, 2.05) is 49.4 Å². The number of ketones is 1. The van der Waals surface area contributed by atoms with Gasteiger partial charge in [-0.25, -0.2) is 0 Å². The fourth-order valence-electron chi connectivity index (χ4n) is 2.33. The predicted molar refractivity (Wildman–Crippen MR) is 77.6 cm³/mol. The van der Waals surface area contributed by atoms with Crippen molar-refractivity contribution in [2.75, 3.05) is 0 Å². The van der Waals surface area contributed by atoms with E-state index in [0.717, 1.165) is 15.6 Å². The molecule has 0 bridgehead atoms. The van der Waals surface area contributed by atoms with E-state index in [9.17, 15) is 4.79 Å². The molecular weight excluding hydrogens is 304 g/mol. The lowest BCUT2D eigenvalue weighted by atomic mass is 9.95. The van der Waals surface area contributed by atoms with Gasteiger partial charge in [0.15, 0.2) is 5.78 Å². The molecule has 1 aliphatic heterocycles. The number of Topliss-reactive ketones (excluding diaryl/α,β-unsaturated/α-hetero) is 1. The van der Waals surface area contributed by atoms with E-state index in [2.05, 4.69) is 15.9 Å². The molecule has 1 atom stereocenters. The number of ether oxygens (including phenoxy) is 1. The summed E-state index contributed by atoms with van der Waals surface area (Å²) in [6.45, 7) is 1.98. The van der Waals surface area contributed by atoms with E-state index < -0.39 is 0 Å². The predicted octanol–water partition coefficient (Wildman–Crippen LogP) is 4.46. The first kappa shape index (κ1) is 12.4. The fraction of sp³-hybridized carbons (Fsp3) is 0.188. The van der Waals surface area contributed by atoms with Gasteiger partial charge < -0.3 is 4.74 Å². The molecule has 0 saturated heterocycles. The van der Waals surface area contributed by atoms with Crippen LogP contribution in [-0.2, 0) is 0 Å². The average molecular weight is 317 g/mol. The lowest BCUT2D eigenvalue weighted by molar-refractivity contribution is 0.0850. The van der Waals surface area contributed by atoms with Gasteiger partial charge in [0.25, 0.3) is 0 Å². The Morgan fingerprint density at radius 3 is 2.84 bits per heavy atom. The Balaban J connectivity index is 1.97. The molecule has 0 spiro atoms. The van der Waals surface area contributed by atoms with Crippen LogP contribution in [0, 0.1) is 6.92 Å². The van der Waals surface area contributed by atoms with Crippen molar-refractivity contribution in [1.82, 2.24) is 0 Å². The van der Waals surface area contributed by atoms with Crippen LogP contribution in [0.3, 0.4) is 0 Å². The zero-order valence-electron chi connectivity index (χ0n) is 10.5. The van der Waals surface area contributed by atoms with E-state index in [4.69, 9.17) is 4.74 Å². The van der Waals surface area contributed by atoms with Crippen molar-refractivity contribution in [3.63, 3.8) is 0 Å². The third-order valence-corrected chi connectivity index (χ3v) is 3.79. The van der Waals surface area contributed by atoms with Gasteiger partial charge in [0.1, 0.15) is 11.9 Å². The van der Waals surface area contributed by atoms with Crippen molar-refractivity contribution >= 4 is 21.7 Å². The normalized spacial score (nSPS) is 17.8. The molecule has 96 valence electrons. The molecule has 1 aliphatic rings. The number of carbonyl (C=O) groups excluding carboxylic acids is 1. The van der Waals surface area contributed by atoms with Crippen LogP contribution in [0.2, 0.25) is 0 Å². The summed E-state index contributed by atoms with van der Waals surface area (Å²) in [4.78, 5) is 12.2. The number of aryl methyl sites for hydroxylation is 1. The van der Waals surface area contributed by atoms with Crippen molar-refractivity contribution in [3.8, 4) is 5.75 Å². The van der Waals surface area contributed by atoms with E-state index >= 15 is 0 Å². The molecule has 19 heavy (non-hydrogen) atoms. The number of carbonyl (C=O) groups is 1. The minimum Gasteiger partial charge on any atom is -0.484 e. The Bertz CT molecular complexity index is 649. The number of rotatable bonds is 1. The van der Waals surface area contributed by atoms with Gasteiger partial charge >= 0.3 is 0 Å². The van der Waals surface area contributed by atoms with Gasteiger partial charge in [-0.3, -0.25) is 4.79 Å². The molecule has 3 rings (SSSR count). The molecule has 0 fully saturated rings. The van der Waals surface area contributed by atoms with Crippen molar-refractivity contribution < 1.29 is 9.53 Å². The van der Waals surface area contributed by atoms with E-state index in [0.29, 0.717) is 17.7 Å². The van der Waals surface area contributed by atoms with Crippen molar-refractivity contribution in [1.29, 1.82) is 0 Å². The Morgan fingerprint density at radius 2 is 2.05 bits per heavy atom. The fourth-order valence-corrected chi connectivity index (χ4v) is 2.75. The van der Waals surface area contributed by atoms with E-state index in [1.165, 1.54) is 0 Å². The van der Waals surface area contributed by atoms with Crippen molar-refractivity contribution in [2.24, 2.45) is 0 Å². The van der Waals surface area contributed by atoms with Crippen LogP contribution in [-0.4, -0.2) is 5.78 Å². The maximum atomic E-state index is 12.2. The van der Waals surface area contributed by atoms with Crippen LogP contribution < -0.4 is 4.74 Å². The summed E-state index contributed by atoms with van der Waals surface area (Å²) in [6, 6.07) is 13.7. The van der Waals surface area contributed by atoms with Gasteiger partial charge in [-0.05, 0) is 36.8 Å². The van der Waals surface area contributed by atoms with Crippen LogP contribution >= 0.6 is 15.9 Å². The third kappa shape index (κ3) is 2.43. The summed E-state index contributed by atoms with van der Waals surface area (Å²) in [5.41, 5.74) is 2.80. The lowest BCUT2D eigenvalue weighted by Gasteiger charge is -2.25. The van der Waals surface area contributed by atoms with Gasteiger partial charge in [-0.15, -0.1) is 0 Å². The summed E-state index contributed by atoms with van der Waals surface area (Å²) in [5, 5.41) is 0. The standard InChI is InChI=1S/C16H13BrO2/c1-10-5-6-15-13(7-10)14(18)9-16(19-15)11-3-2-4-12(17)8-11/h2-8,16H,9H2,1H3. The number of hydrogen-bond donors (Lipinski definition) is 0. The molecule has 0 aromatic heterocycles. The topological polar surface area (TPSA) is 26.3 Å². The summed E-state index contributed by atoms with van der Waals surface area (Å²) in [6.07, 6.45) is 0.201. The summed E-state index contributed by atoms with van der Waals surface area (Å²) >= 11 is 3.44. The van der Waals surface area contributed by atoms with Crippen molar-refractivity contribution in [3.05, 3.63) is 63.6 Å². The molecule has 0 amide bonds. The highest BCUT2D eigenvalue weighted by atomic mass is 79.9. The molecule has 0 N–H and O–H groups in total. The number of fused-ring (bicyclic) bond motifs is 1. The Morgan fingerprint density at radius 1 is 1.21 bits per heavy atom. The van der Waals surface area contributed by atoms with Crippen LogP contribution in [0.25, 0.3) is 0 Å². The highest BCUT2D eigenvalue weighted by molar-refractivity contribution is 9.10. The first-order valence-corrected chi connectivity index (χ1v) is 6.99. The number of halogens is 1. The largest absolute Gasteiger partial charge is 0.484 e. The molecule has 2 aromatic rings. The maximum Gasteiger partial charge on any atom is 0.170 e. The van der Waals surface area contributed by atoms with Gasteiger partial charge in [-0.1, -0.05) is 39.7 Å². The molecule has 1 unspecified atom stereocenters. The van der Waals surface area contributed by atoms with E-state index in [-0.39, 0.29) is 11.9 Å². The number of benzene rings is 2. The monoisotopic (exact) mass is 316 g/mol. The van der Waals surface area contributed by atoms with Gasteiger partial charge in [0.2, 0.25) is 0 Å². The van der Waals surface area contributed by atoms with Gasteiger partial charge in [0, 0.05) is 4.47 Å². The second-order valence-electron chi connectivity index (χ2n) is 4.79.